The topological polar surface area (TPSA) is 58.0 Å². The molecule has 4 heteroatoms. The van der Waals surface area contributed by atoms with Gasteiger partial charge in [-0.25, -0.2) is 9.97 Å². The molecule has 0 saturated carbocycles. The Kier molecular flexibility index (Phi) is 3.54. The number of hydrogen-bond acceptors (Lipinski definition) is 4. The molecule has 4 nitrogen and oxygen atoms in total. The van der Waals surface area contributed by atoms with Crippen LogP contribution in [0.3, 0.4) is 0 Å². The maximum Gasteiger partial charge on any atom is 0.137 e. The molecule has 0 saturated heterocycles. The Morgan fingerprint density at radius 1 is 1.24 bits per heavy atom. The molecule has 0 aliphatic heterocycles. The van der Waals surface area contributed by atoms with E-state index >= 15 is 0 Å². The first-order chi connectivity index (χ1) is 8.16. The van der Waals surface area contributed by atoms with Crippen LogP contribution < -0.4 is 5.32 Å². The highest BCUT2D eigenvalue weighted by molar-refractivity contribution is 5.88. The van der Waals surface area contributed by atoms with Crippen molar-refractivity contribution in [3.8, 4) is 0 Å². The number of nitrogens with zero attached hydrogens (tertiary/aromatic N) is 2. The third-order valence-electron chi connectivity index (χ3n) is 2.62. The lowest BCUT2D eigenvalue weighted by Crippen LogP contribution is -2.21. The molecule has 2 aromatic rings. The highest BCUT2D eigenvalue weighted by Crippen LogP contribution is 2.19. The van der Waals surface area contributed by atoms with Crippen molar-refractivity contribution >= 4 is 16.7 Å². The Morgan fingerprint density at radius 2 is 2.00 bits per heavy atom. The van der Waals surface area contributed by atoms with Gasteiger partial charge >= 0.3 is 0 Å². The molecule has 17 heavy (non-hydrogen) atoms. The molecule has 2 rings (SSSR count). The predicted molar refractivity (Wildman–Crippen MR) is 68.9 cm³/mol. The van der Waals surface area contributed by atoms with E-state index in [2.05, 4.69) is 15.3 Å². The van der Waals surface area contributed by atoms with Gasteiger partial charge in [0.2, 0.25) is 0 Å². The minimum Gasteiger partial charge on any atom is -0.393 e. The van der Waals surface area contributed by atoms with Gasteiger partial charge < -0.3 is 10.4 Å². The summed E-state index contributed by atoms with van der Waals surface area (Å²) >= 11 is 0. The molecule has 1 heterocycles. The van der Waals surface area contributed by atoms with Crippen LogP contribution in [-0.4, -0.2) is 27.2 Å². The maximum atomic E-state index is 9.34. The predicted octanol–water partition coefficient (Wildman–Crippen LogP) is 2.20. The average Bonchev–Trinajstić information content (AvgIpc) is 2.28. The zero-order valence-corrected chi connectivity index (χ0v) is 10.1. The third kappa shape index (κ3) is 2.91. The van der Waals surface area contributed by atoms with Crippen LogP contribution in [0.25, 0.3) is 10.9 Å². The lowest BCUT2D eigenvalue weighted by molar-refractivity contribution is 0.179. The summed E-state index contributed by atoms with van der Waals surface area (Å²) in [5, 5.41) is 13.7. The lowest BCUT2D eigenvalue weighted by atomic mass is 10.1. The van der Waals surface area contributed by atoms with Crippen molar-refractivity contribution in [2.75, 3.05) is 5.32 Å². The van der Waals surface area contributed by atoms with Crippen LogP contribution in [0, 0.1) is 0 Å². The molecular formula is C13H17N3O. The average molecular weight is 231 g/mol. The van der Waals surface area contributed by atoms with E-state index in [1.807, 2.05) is 31.2 Å². The molecule has 0 spiro atoms. The molecule has 0 radical (unpaired) electrons. The first kappa shape index (κ1) is 11.8. The highest BCUT2D eigenvalue weighted by Gasteiger charge is 2.09. The van der Waals surface area contributed by atoms with Gasteiger partial charge in [-0.1, -0.05) is 12.1 Å². The first-order valence-electron chi connectivity index (χ1n) is 5.81. The molecule has 0 bridgehead atoms. The molecule has 2 unspecified atom stereocenters. The number of benzene rings is 1. The van der Waals surface area contributed by atoms with Crippen LogP contribution in [0.2, 0.25) is 0 Å². The van der Waals surface area contributed by atoms with E-state index in [1.54, 1.807) is 13.3 Å². The fourth-order valence-electron chi connectivity index (χ4n) is 1.92. The fraction of sp³-hybridized carbons (Fsp3) is 0.385. The minimum atomic E-state index is -0.314. The fourth-order valence-corrected chi connectivity index (χ4v) is 1.92. The van der Waals surface area contributed by atoms with Crippen molar-refractivity contribution in [3.05, 3.63) is 30.6 Å². The quantitative estimate of drug-likeness (QED) is 0.847. The molecular weight excluding hydrogens is 214 g/mol. The van der Waals surface area contributed by atoms with Gasteiger partial charge in [0.25, 0.3) is 0 Å². The van der Waals surface area contributed by atoms with Gasteiger partial charge in [0, 0.05) is 11.4 Å². The molecule has 0 aliphatic rings. The second kappa shape index (κ2) is 5.10. The second-order valence-electron chi connectivity index (χ2n) is 4.37. The summed E-state index contributed by atoms with van der Waals surface area (Å²) in [6, 6.07) is 8.05. The van der Waals surface area contributed by atoms with E-state index in [1.165, 1.54) is 0 Å². The largest absolute Gasteiger partial charge is 0.393 e. The van der Waals surface area contributed by atoms with Gasteiger partial charge in [-0.3, -0.25) is 0 Å². The van der Waals surface area contributed by atoms with Crippen molar-refractivity contribution in [1.29, 1.82) is 0 Å². The number of aliphatic hydroxyl groups is 1. The van der Waals surface area contributed by atoms with Crippen molar-refractivity contribution in [2.45, 2.75) is 32.4 Å². The number of aromatic nitrogens is 2. The number of nitrogens with one attached hydrogen (secondary N) is 1. The number of rotatable bonds is 4. The summed E-state index contributed by atoms with van der Waals surface area (Å²) in [4.78, 5) is 8.46. The molecule has 0 amide bonds. The van der Waals surface area contributed by atoms with Crippen LogP contribution in [0.15, 0.2) is 30.6 Å². The molecule has 2 atom stereocenters. The summed E-state index contributed by atoms with van der Waals surface area (Å²) in [5.74, 6) is 0.823. The summed E-state index contributed by atoms with van der Waals surface area (Å²) in [7, 11) is 0. The SMILES string of the molecule is CC(O)CC(C)Nc1ncnc2ccccc12. The van der Waals surface area contributed by atoms with E-state index in [4.69, 9.17) is 0 Å². The van der Waals surface area contributed by atoms with Crippen LogP contribution >= 0.6 is 0 Å². The second-order valence-corrected chi connectivity index (χ2v) is 4.37. The van der Waals surface area contributed by atoms with Crippen LogP contribution in [0.5, 0.6) is 0 Å². The first-order valence-corrected chi connectivity index (χ1v) is 5.81. The Hall–Kier alpha value is -1.68. The van der Waals surface area contributed by atoms with E-state index in [-0.39, 0.29) is 12.1 Å². The monoisotopic (exact) mass is 231 g/mol. The zero-order chi connectivity index (χ0) is 12.3. The standard InChI is InChI=1S/C13H17N3O/c1-9(7-10(2)17)16-13-11-5-3-4-6-12(11)14-8-15-13/h3-6,8-10,17H,7H2,1-2H3,(H,14,15,16). The van der Waals surface area contributed by atoms with Crippen molar-refractivity contribution in [1.82, 2.24) is 9.97 Å². The van der Waals surface area contributed by atoms with E-state index in [0.29, 0.717) is 6.42 Å². The van der Waals surface area contributed by atoms with Gasteiger partial charge in [-0.15, -0.1) is 0 Å². The Bertz CT molecular complexity index is 493. The number of anilines is 1. The zero-order valence-electron chi connectivity index (χ0n) is 10.1. The number of fused-ring (bicyclic) bond motifs is 1. The summed E-state index contributed by atoms with van der Waals surface area (Å²) in [5.41, 5.74) is 0.925. The molecule has 0 fully saturated rings. The third-order valence-corrected chi connectivity index (χ3v) is 2.62. The van der Waals surface area contributed by atoms with Gasteiger partial charge in [0.15, 0.2) is 0 Å². The van der Waals surface area contributed by atoms with Gasteiger partial charge in [-0.2, -0.15) is 0 Å². The van der Waals surface area contributed by atoms with Gasteiger partial charge in [0.1, 0.15) is 12.1 Å². The van der Waals surface area contributed by atoms with E-state index in [9.17, 15) is 5.11 Å². The van der Waals surface area contributed by atoms with Crippen LogP contribution in [0.4, 0.5) is 5.82 Å². The van der Waals surface area contributed by atoms with Crippen molar-refractivity contribution < 1.29 is 5.11 Å². The summed E-state index contributed by atoms with van der Waals surface area (Å²) in [6.45, 7) is 3.82. The Morgan fingerprint density at radius 3 is 2.76 bits per heavy atom. The minimum absolute atomic E-state index is 0.174. The summed E-state index contributed by atoms with van der Waals surface area (Å²) in [6.07, 6.45) is 1.93. The highest BCUT2D eigenvalue weighted by atomic mass is 16.3. The molecule has 1 aromatic carbocycles. The Balaban J connectivity index is 2.24. The molecule has 90 valence electrons. The van der Waals surface area contributed by atoms with Crippen molar-refractivity contribution in [2.24, 2.45) is 0 Å². The number of aliphatic hydroxyl groups excluding tert-OH is 1. The molecule has 0 aliphatic carbocycles. The van der Waals surface area contributed by atoms with Crippen LogP contribution in [0.1, 0.15) is 20.3 Å². The lowest BCUT2D eigenvalue weighted by Gasteiger charge is -2.16. The van der Waals surface area contributed by atoms with Gasteiger partial charge in [0.05, 0.1) is 11.6 Å². The van der Waals surface area contributed by atoms with Gasteiger partial charge in [-0.05, 0) is 32.4 Å². The summed E-state index contributed by atoms with van der Waals surface area (Å²) < 4.78 is 0. The molecule has 2 N–H and O–H groups in total. The maximum absolute atomic E-state index is 9.34. The normalized spacial score (nSPS) is 14.5. The molecule has 1 aromatic heterocycles. The van der Waals surface area contributed by atoms with E-state index < -0.39 is 0 Å². The van der Waals surface area contributed by atoms with E-state index in [0.717, 1.165) is 16.7 Å². The number of hydrogen-bond donors (Lipinski definition) is 2. The van der Waals surface area contributed by atoms with Crippen molar-refractivity contribution in [3.63, 3.8) is 0 Å². The van der Waals surface area contributed by atoms with Crippen LogP contribution in [-0.2, 0) is 0 Å². The smallest absolute Gasteiger partial charge is 0.137 e. The number of para-hydroxylation sites is 1. The Labute approximate surface area is 101 Å².